The monoisotopic (exact) mass is 341 g/mol. The number of halogens is 1. The van der Waals surface area contributed by atoms with E-state index < -0.39 is 9.84 Å². The molecule has 2 rings (SSSR count). The first kappa shape index (κ1) is 16.5. The van der Waals surface area contributed by atoms with Gasteiger partial charge >= 0.3 is 0 Å². The van der Waals surface area contributed by atoms with Crippen LogP contribution in [-0.4, -0.2) is 36.0 Å². The summed E-state index contributed by atoms with van der Waals surface area (Å²) in [5.41, 5.74) is 0.672. The molecule has 6 nitrogen and oxygen atoms in total. The Balaban J connectivity index is 2.48. The van der Waals surface area contributed by atoms with Crippen LogP contribution in [0.15, 0.2) is 40.5 Å². The lowest BCUT2D eigenvalue weighted by atomic mass is 10.2. The molecule has 0 spiro atoms. The summed E-state index contributed by atoms with van der Waals surface area (Å²) >= 11 is 5.69. The molecule has 0 N–H and O–H groups in total. The molecular weight excluding hydrogens is 326 g/mol. The third-order valence-corrected chi connectivity index (χ3v) is 4.72. The van der Waals surface area contributed by atoms with Crippen molar-refractivity contribution in [1.82, 2.24) is 14.8 Å². The Bertz CT molecular complexity index is 808. The highest BCUT2D eigenvalue weighted by Crippen LogP contribution is 2.28. The van der Waals surface area contributed by atoms with Crippen molar-refractivity contribution >= 4 is 21.4 Å². The molecule has 0 unspecified atom stereocenters. The number of benzene rings is 1. The van der Waals surface area contributed by atoms with Crippen molar-refractivity contribution in [2.45, 2.75) is 12.1 Å². The van der Waals surface area contributed by atoms with Crippen molar-refractivity contribution in [2.24, 2.45) is 7.05 Å². The molecule has 0 fully saturated rings. The number of allylic oxidation sites excluding steroid dienone is 1. The standard InChI is InChI=1S/C14H16ClN3O3S/c1-10(15)8-9-22(19,20)14-17-16-13(18(14)2)11-6-4-5-7-12(11)21-3/h4-8H,9H2,1-3H3/b10-8-. The molecule has 0 amide bonds. The summed E-state index contributed by atoms with van der Waals surface area (Å²) in [5, 5.41) is 8.11. The van der Waals surface area contributed by atoms with Gasteiger partial charge in [0, 0.05) is 12.1 Å². The summed E-state index contributed by atoms with van der Waals surface area (Å²) < 4.78 is 31.3. The second-order valence-electron chi connectivity index (χ2n) is 4.64. The van der Waals surface area contributed by atoms with E-state index in [1.165, 1.54) is 10.6 Å². The molecule has 8 heteroatoms. The molecule has 0 bridgehead atoms. The molecule has 0 aliphatic heterocycles. The van der Waals surface area contributed by atoms with E-state index in [0.29, 0.717) is 22.2 Å². The lowest BCUT2D eigenvalue weighted by Crippen LogP contribution is -2.12. The molecule has 0 saturated carbocycles. The fourth-order valence-corrected chi connectivity index (χ4v) is 3.40. The number of hydrogen-bond donors (Lipinski definition) is 0. The molecule has 0 saturated heterocycles. The summed E-state index contributed by atoms with van der Waals surface area (Å²) in [4.78, 5) is 0. The first-order valence-electron chi connectivity index (χ1n) is 6.44. The average Bonchev–Trinajstić information content (AvgIpc) is 2.87. The first-order chi connectivity index (χ1) is 10.4. The Kier molecular flexibility index (Phi) is 4.87. The maximum absolute atomic E-state index is 12.3. The Morgan fingerprint density at radius 2 is 2.05 bits per heavy atom. The van der Waals surface area contributed by atoms with Crippen LogP contribution >= 0.6 is 11.6 Å². The van der Waals surface area contributed by atoms with Crippen LogP contribution in [0.4, 0.5) is 0 Å². The van der Waals surface area contributed by atoms with Gasteiger partial charge in [-0.3, -0.25) is 0 Å². The highest BCUT2D eigenvalue weighted by molar-refractivity contribution is 7.91. The number of aromatic nitrogens is 3. The third-order valence-electron chi connectivity index (χ3n) is 3.04. The Morgan fingerprint density at radius 1 is 1.36 bits per heavy atom. The fraction of sp³-hybridized carbons (Fsp3) is 0.286. The minimum absolute atomic E-state index is 0.109. The predicted octanol–water partition coefficient (Wildman–Crippen LogP) is 2.41. The SMILES string of the molecule is COc1ccccc1-c1nnc(S(=O)(=O)C/C=C(/C)Cl)n1C. The molecule has 0 aliphatic carbocycles. The van der Waals surface area contributed by atoms with Gasteiger partial charge in [-0.2, -0.15) is 0 Å². The summed E-state index contributed by atoms with van der Waals surface area (Å²) in [6.45, 7) is 1.62. The highest BCUT2D eigenvalue weighted by Gasteiger charge is 2.23. The van der Waals surface area contributed by atoms with Gasteiger partial charge < -0.3 is 9.30 Å². The maximum atomic E-state index is 12.3. The van der Waals surface area contributed by atoms with Crippen molar-refractivity contribution < 1.29 is 13.2 Å². The van der Waals surface area contributed by atoms with Gasteiger partial charge in [0.2, 0.25) is 15.0 Å². The van der Waals surface area contributed by atoms with Gasteiger partial charge in [0.1, 0.15) is 5.75 Å². The van der Waals surface area contributed by atoms with Crippen molar-refractivity contribution in [3.8, 4) is 17.1 Å². The zero-order chi connectivity index (χ0) is 16.3. The number of rotatable bonds is 5. The number of para-hydroxylation sites is 1. The van der Waals surface area contributed by atoms with Gasteiger partial charge in [-0.25, -0.2) is 8.42 Å². The topological polar surface area (TPSA) is 74.1 Å². The van der Waals surface area contributed by atoms with E-state index in [0.717, 1.165) is 0 Å². The van der Waals surface area contributed by atoms with Gasteiger partial charge in [0.25, 0.3) is 0 Å². The van der Waals surface area contributed by atoms with Crippen LogP contribution < -0.4 is 4.74 Å². The zero-order valence-electron chi connectivity index (χ0n) is 12.4. The Hall–Kier alpha value is -1.86. The molecule has 1 heterocycles. The third kappa shape index (κ3) is 3.31. The van der Waals surface area contributed by atoms with Gasteiger partial charge in [-0.15, -0.1) is 10.2 Å². The molecule has 0 radical (unpaired) electrons. The first-order valence-corrected chi connectivity index (χ1v) is 8.47. The summed E-state index contributed by atoms with van der Waals surface area (Å²) in [7, 11) is -0.459. The Labute approximate surface area is 134 Å². The predicted molar refractivity (Wildman–Crippen MR) is 84.7 cm³/mol. The number of sulfone groups is 1. The van der Waals surface area contributed by atoms with Crippen LogP contribution in [0.25, 0.3) is 11.4 Å². The lowest BCUT2D eigenvalue weighted by Gasteiger charge is -2.08. The van der Waals surface area contributed by atoms with Gasteiger partial charge in [-0.1, -0.05) is 29.8 Å². The van der Waals surface area contributed by atoms with E-state index in [-0.39, 0.29) is 10.9 Å². The smallest absolute Gasteiger partial charge is 0.250 e. The van der Waals surface area contributed by atoms with Crippen LogP contribution in [0, 0.1) is 0 Å². The van der Waals surface area contributed by atoms with Crippen LogP contribution in [0.2, 0.25) is 0 Å². The maximum Gasteiger partial charge on any atom is 0.250 e. The van der Waals surface area contributed by atoms with Crippen molar-refractivity contribution in [3.63, 3.8) is 0 Å². The molecule has 1 aromatic heterocycles. The van der Waals surface area contributed by atoms with E-state index in [1.807, 2.05) is 12.1 Å². The second-order valence-corrected chi connectivity index (χ2v) is 7.16. The number of ether oxygens (including phenoxy) is 1. The van der Waals surface area contributed by atoms with Crippen molar-refractivity contribution in [2.75, 3.05) is 12.9 Å². The molecule has 1 aromatic carbocycles. The second kappa shape index (κ2) is 6.50. The molecular formula is C14H16ClN3O3S. The van der Waals surface area contributed by atoms with Crippen LogP contribution in [0.1, 0.15) is 6.92 Å². The van der Waals surface area contributed by atoms with E-state index in [9.17, 15) is 8.42 Å². The summed E-state index contributed by atoms with van der Waals surface area (Å²) in [6, 6.07) is 7.21. The lowest BCUT2D eigenvalue weighted by molar-refractivity contribution is 0.416. The quantitative estimate of drug-likeness (QED) is 0.834. The van der Waals surface area contributed by atoms with Gasteiger partial charge in [-0.05, 0) is 19.1 Å². The minimum Gasteiger partial charge on any atom is -0.496 e. The van der Waals surface area contributed by atoms with E-state index in [2.05, 4.69) is 10.2 Å². The number of nitrogens with zero attached hydrogens (tertiary/aromatic N) is 3. The fourth-order valence-electron chi connectivity index (χ4n) is 1.95. The summed E-state index contributed by atoms with van der Waals surface area (Å²) in [5.74, 6) is 0.793. The Morgan fingerprint density at radius 3 is 2.68 bits per heavy atom. The van der Waals surface area contributed by atoms with Gasteiger partial charge in [0.15, 0.2) is 5.82 Å². The molecule has 22 heavy (non-hydrogen) atoms. The number of hydrogen-bond acceptors (Lipinski definition) is 5. The van der Waals surface area contributed by atoms with Crippen molar-refractivity contribution in [1.29, 1.82) is 0 Å². The summed E-state index contributed by atoms with van der Waals surface area (Å²) in [6.07, 6.45) is 1.42. The molecule has 0 aliphatic rings. The molecule has 2 aromatic rings. The van der Waals surface area contributed by atoms with Crippen molar-refractivity contribution in [3.05, 3.63) is 35.4 Å². The molecule has 118 valence electrons. The zero-order valence-corrected chi connectivity index (χ0v) is 14.0. The average molecular weight is 342 g/mol. The van der Waals surface area contributed by atoms with Crippen LogP contribution in [0.5, 0.6) is 5.75 Å². The van der Waals surface area contributed by atoms with Crippen LogP contribution in [0.3, 0.4) is 0 Å². The van der Waals surface area contributed by atoms with E-state index in [1.54, 1.807) is 33.2 Å². The highest BCUT2D eigenvalue weighted by atomic mass is 35.5. The van der Waals surface area contributed by atoms with E-state index in [4.69, 9.17) is 16.3 Å². The largest absolute Gasteiger partial charge is 0.496 e. The number of methoxy groups -OCH3 is 1. The minimum atomic E-state index is -3.61. The van der Waals surface area contributed by atoms with E-state index >= 15 is 0 Å². The van der Waals surface area contributed by atoms with Gasteiger partial charge in [0.05, 0.1) is 18.4 Å². The van der Waals surface area contributed by atoms with Crippen LogP contribution in [-0.2, 0) is 16.9 Å². The normalized spacial score (nSPS) is 12.5. The molecule has 0 atom stereocenters.